The van der Waals surface area contributed by atoms with Gasteiger partial charge in [0.05, 0.1) is 6.61 Å². The Morgan fingerprint density at radius 3 is 2.60 bits per heavy atom. The van der Waals surface area contributed by atoms with Gasteiger partial charge in [-0.15, -0.1) is 0 Å². The molecule has 2 atom stereocenters. The molecular weight excluding hydrogens is 382 g/mol. The average molecular weight is 414 g/mol. The number of carbonyl (C=O) groups excluding carboxylic acids is 2. The van der Waals surface area contributed by atoms with Crippen LogP contribution in [0.4, 0.5) is 0 Å². The number of likely N-dealkylation sites (tertiary alicyclic amines) is 2. The lowest BCUT2D eigenvalue weighted by Gasteiger charge is -2.43. The minimum Gasteiger partial charge on any atom is -0.381 e. The highest BCUT2D eigenvalue weighted by Crippen LogP contribution is 2.39. The number of piperidine rings is 2. The Hall–Kier alpha value is -2.15. The van der Waals surface area contributed by atoms with Gasteiger partial charge < -0.3 is 19.1 Å². The second-order valence-electron chi connectivity index (χ2n) is 9.63. The number of hydrogen-bond donors (Lipinski definition) is 0. The van der Waals surface area contributed by atoms with Gasteiger partial charge in [0.15, 0.2) is 0 Å². The van der Waals surface area contributed by atoms with Crippen LogP contribution >= 0.6 is 0 Å². The summed E-state index contributed by atoms with van der Waals surface area (Å²) in [6, 6.07) is 3.67. The number of amides is 2. The van der Waals surface area contributed by atoms with E-state index in [0.717, 1.165) is 44.6 Å². The number of hydrogen-bond acceptors (Lipinski definition) is 4. The van der Waals surface area contributed by atoms with E-state index in [1.165, 1.54) is 0 Å². The zero-order valence-corrected chi connectivity index (χ0v) is 17.8. The first-order chi connectivity index (χ1) is 14.5. The molecule has 0 aromatic carbocycles. The van der Waals surface area contributed by atoms with Gasteiger partial charge in [0, 0.05) is 57.4 Å². The summed E-state index contributed by atoms with van der Waals surface area (Å²) in [6.07, 6.45) is 4.52. The summed E-state index contributed by atoms with van der Waals surface area (Å²) >= 11 is 0. The van der Waals surface area contributed by atoms with Gasteiger partial charge >= 0.3 is 0 Å². The molecule has 0 unspecified atom stereocenters. The van der Waals surface area contributed by atoms with Gasteiger partial charge in [-0.25, -0.2) is 0 Å². The Labute approximate surface area is 177 Å². The average Bonchev–Trinajstić information content (AvgIpc) is 3.21. The van der Waals surface area contributed by atoms with E-state index in [0.29, 0.717) is 44.7 Å². The van der Waals surface area contributed by atoms with E-state index in [-0.39, 0.29) is 34.6 Å². The second kappa shape index (κ2) is 7.52. The Morgan fingerprint density at radius 2 is 1.90 bits per heavy atom. The number of fused-ring (bicyclic) bond motifs is 4. The van der Waals surface area contributed by atoms with Crippen LogP contribution in [0.5, 0.6) is 0 Å². The maximum atomic E-state index is 13.3. The standard InChI is InChI=1S/C23H31N3O4/c1-2-20(27)25-12-16-11-17(14-25)19-4-3-18(22(29)26(19)13-16)21(28)24-8-5-23(6-9-24)7-10-30-15-23/h3-4,16-17H,2,5-15H2,1H3/t16-,17+/m0/s1. The molecular formula is C23H31N3O4. The van der Waals surface area contributed by atoms with Crippen LogP contribution in [0.3, 0.4) is 0 Å². The molecule has 2 amide bonds. The quantitative estimate of drug-likeness (QED) is 0.742. The van der Waals surface area contributed by atoms with Crippen molar-refractivity contribution in [1.29, 1.82) is 0 Å². The van der Waals surface area contributed by atoms with Crippen LogP contribution in [0, 0.1) is 11.3 Å². The molecule has 3 saturated heterocycles. The molecule has 0 aliphatic carbocycles. The molecule has 4 aliphatic rings. The molecule has 162 valence electrons. The molecule has 1 aromatic rings. The largest absolute Gasteiger partial charge is 0.381 e. The van der Waals surface area contributed by atoms with E-state index < -0.39 is 0 Å². The molecule has 0 radical (unpaired) electrons. The summed E-state index contributed by atoms with van der Waals surface area (Å²) in [5.41, 5.74) is 1.34. The fourth-order valence-corrected chi connectivity index (χ4v) is 5.93. The highest BCUT2D eigenvalue weighted by Gasteiger charge is 2.40. The van der Waals surface area contributed by atoms with E-state index in [2.05, 4.69) is 0 Å². The van der Waals surface area contributed by atoms with Crippen molar-refractivity contribution in [2.24, 2.45) is 11.3 Å². The third kappa shape index (κ3) is 3.27. The van der Waals surface area contributed by atoms with Gasteiger partial charge in [0.25, 0.3) is 11.5 Å². The highest BCUT2D eigenvalue weighted by molar-refractivity contribution is 5.94. The second-order valence-corrected chi connectivity index (χ2v) is 9.63. The highest BCUT2D eigenvalue weighted by atomic mass is 16.5. The summed E-state index contributed by atoms with van der Waals surface area (Å²) in [5.74, 6) is 0.513. The maximum Gasteiger partial charge on any atom is 0.263 e. The normalized spacial score (nSPS) is 27.2. The summed E-state index contributed by atoms with van der Waals surface area (Å²) in [6.45, 7) is 6.90. The van der Waals surface area contributed by atoms with E-state index in [1.54, 1.807) is 6.07 Å². The van der Waals surface area contributed by atoms with Crippen LogP contribution in [0.25, 0.3) is 0 Å². The lowest BCUT2D eigenvalue weighted by molar-refractivity contribution is -0.133. The summed E-state index contributed by atoms with van der Waals surface area (Å²) in [5, 5.41) is 0. The first kappa shape index (κ1) is 19.8. The number of ether oxygens (including phenoxy) is 1. The Bertz CT molecular complexity index is 908. The van der Waals surface area contributed by atoms with Crippen molar-refractivity contribution in [2.75, 3.05) is 39.4 Å². The molecule has 1 spiro atoms. The van der Waals surface area contributed by atoms with E-state index in [1.807, 2.05) is 27.4 Å². The number of nitrogens with zero attached hydrogens (tertiary/aromatic N) is 3. The third-order valence-electron chi connectivity index (χ3n) is 7.79. The van der Waals surface area contributed by atoms with E-state index >= 15 is 0 Å². The first-order valence-corrected chi connectivity index (χ1v) is 11.4. The van der Waals surface area contributed by atoms with Crippen LogP contribution < -0.4 is 5.56 Å². The predicted octanol–water partition coefficient (Wildman–Crippen LogP) is 1.85. The van der Waals surface area contributed by atoms with Crippen LogP contribution in [0.15, 0.2) is 16.9 Å². The molecule has 0 saturated carbocycles. The van der Waals surface area contributed by atoms with Gasteiger partial charge in [-0.3, -0.25) is 14.4 Å². The fourth-order valence-electron chi connectivity index (χ4n) is 5.93. The zero-order chi connectivity index (χ0) is 20.9. The molecule has 0 N–H and O–H groups in total. The van der Waals surface area contributed by atoms with Crippen LogP contribution in [-0.4, -0.2) is 65.6 Å². The molecule has 1 aromatic heterocycles. The van der Waals surface area contributed by atoms with Crippen molar-refractivity contribution in [2.45, 2.75) is 51.5 Å². The van der Waals surface area contributed by atoms with Gasteiger partial charge in [0.2, 0.25) is 5.91 Å². The van der Waals surface area contributed by atoms with Crippen molar-refractivity contribution < 1.29 is 14.3 Å². The van der Waals surface area contributed by atoms with Crippen molar-refractivity contribution in [3.63, 3.8) is 0 Å². The van der Waals surface area contributed by atoms with E-state index in [9.17, 15) is 14.4 Å². The molecule has 30 heavy (non-hydrogen) atoms. The Kier molecular flexibility index (Phi) is 4.96. The van der Waals surface area contributed by atoms with Crippen LogP contribution in [0.1, 0.15) is 61.0 Å². The minimum absolute atomic E-state index is 0.136. The van der Waals surface area contributed by atoms with Crippen molar-refractivity contribution >= 4 is 11.8 Å². The number of aromatic nitrogens is 1. The predicted molar refractivity (Wildman–Crippen MR) is 111 cm³/mol. The molecule has 5 heterocycles. The van der Waals surface area contributed by atoms with E-state index in [4.69, 9.17) is 4.74 Å². The Balaban J connectivity index is 1.35. The van der Waals surface area contributed by atoms with Crippen LogP contribution in [-0.2, 0) is 16.1 Å². The lowest BCUT2D eigenvalue weighted by Crippen LogP contribution is -2.50. The molecule has 7 nitrogen and oxygen atoms in total. The van der Waals surface area contributed by atoms with Crippen molar-refractivity contribution in [3.05, 3.63) is 33.7 Å². The van der Waals surface area contributed by atoms with Crippen LogP contribution in [0.2, 0.25) is 0 Å². The minimum atomic E-state index is -0.160. The first-order valence-electron chi connectivity index (χ1n) is 11.4. The molecule has 7 heteroatoms. The van der Waals surface area contributed by atoms with Gasteiger partial charge in [-0.05, 0) is 49.1 Å². The monoisotopic (exact) mass is 413 g/mol. The van der Waals surface area contributed by atoms with Crippen molar-refractivity contribution in [1.82, 2.24) is 14.4 Å². The van der Waals surface area contributed by atoms with Gasteiger partial charge in [-0.1, -0.05) is 6.92 Å². The molecule has 2 bridgehead atoms. The third-order valence-corrected chi connectivity index (χ3v) is 7.79. The topological polar surface area (TPSA) is 71.9 Å². The lowest BCUT2D eigenvalue weighted by atomic mass is 9.78. The smallest absolute Gasteiger partial charge is 0.263 e. The molecule has 5 rings (SSSR count). The summed E-state index contributed by atoms with van der Waals surface area (Å²) in [4.78, 5) is 42.4. The molecule has 4 aliphatic heterocycles. The number of carbonyl (C=O) groups is 2. The SMILES string of the molecule is CCC(=O)N1C[C@@H]2C[C@H](C1)c1ccc(C(=O)N3CCC4(CCOC4)CC3)c(=O)n1C2. The summed E-state index contributed by atoms with van der Waals surface area (Å²) in [7, 11) is 0. The molecule has 3 fully saturated rings. The maximum absolute atomic E-state index is 13.3. The number of rotatable bonds is 2. The van der Waals surface area contributed by atoms with Gasteiger partial charge in [0.1, 0.15) is 5.56 Å². The van der Waals surface area contributed by atoms with Crippen molar-refractivity contribution in [3.8, 4) is 0 Å². The van der Waals surface area contributed by atoms with Gasteiger partial charge in [-0.2, -0.15) is 0 Å². The number of pyridine rings is 1. The fraction of sp³-hybridized carbons (Fsp3) is 0.696. The summed E-state index contributed by atoms with van der Waals surface area (Å²) < 4.78 is 7.40. The Morgan fingerprint density at radius 1 is 1.10 bits per heavy atom. The zero-order valence-electron chi connectivity index (χ0n) is 17.8.